The zero-order valence-electron chi connectivity index (χ0n) is 10.8. The number of carboxylic acids is 1. The van der Waals surface area contributed by atoms with Gasteiger partial charge < -0.3 is 24.7 Å². The van der Waals surface area contributed by atoms with Crippen LogP contribution in [0, 0.1) is 11.8 Å². The van der Waals surface area contributed by atoms with Crippen molar-refractivity contribution in [3.05, 3.63) is 0 Å². The number of hydrogen-bond donors (Lipinski definition) is 1. The molecule has 0 radical (unpaired) electrons. The fourth-order valence-corrected chi connectivity index (χ4v) is 2.30. The first-order valence-electron chi connectivity index (χ1n) is 6.14. The van der Waals surface area contributed by atoms with E-state index in [1.54, 1.807) is 0 Å². The Morgan fingerprint density at radius 1 is 1.22 bits per heavy atom. The maximum Gasteiger partial charge on any atom is 0.223 e. The van der Waals surface area contributed by atoms with E-state index in [0.717, 1.165) is 12.8 Å². The molecule has 104 valence electrons. The van der Waals surface area contributed by atoms with E-state index in [-0.39, 0.29) is 12.5 Å². The van der Waals surface area contributed by atoms with E-state index in [1.807, 2.05) is 0 Å². The van der Waals surface area contributed by atoms with Gasteiger partial charge in [0.2, 0.25) is 5.91 Å². The lowest BCUT2D eigenvalue weighted by atomic mass is 9.79. The summed E-state index contributed by atoms with van der Waals surface area (Å²) in [6.45, 7) is 0.210. The van der Waals surface area contributed by atoms with Crippen LogP contribution in [-0.2, 0) is 19.1 Å². The van der Waals surface area contributed by atoms with Gasteiger partial charge in [0.25, 0.3) is 0 Å². The number of rotatable bonds is 6. The van der Waals surface area contributed by atoms with Crippen LogP contribution >= 0.6 is 0 Å². The SMILES string of the molecule is COC(CNC(=O)[C@H]1CCCC[C@H]1C(=O)[O-])OC. The molecular weight excluding hydrogens is 238 g/mol. The van der Waals surface area contributed by atoms with Gasteiger partial charge in [-0.2, -0.15) is 0 Å². The van der Waals surface area contributed by atoms with Gasteiger partial charge >= 0.3 is 0 Å². The van der Waals surface area contributed by atoms with E-state index in [9.17, 15) is 14.7 Å². The molecule has 6 nitrogen and oxygen atoms in total. The Kier molecular flexibility index (Phi) is 6.07. The molecule has 0 aromatic rings. The Morgan fingerprint density at radius 2 is 1.78 bits per heavy atom. The second kappa shape index (κ2) is 7.33. The molecular formula is C12H20NO5-. The number of carboxylic acid groups (broad SMARTS) is 1. The first-order valence-corrected chi connectivity index (χ1v) is 6.14. The highest BCUT2D eigenvalue weighted by Crippen LogP contribution is 2.29. The summed E-state index contributed by atoms with van der Waals surface area (Å²) in [4.78, 5) is 22.9. The summed E-state index contributed by atoms with van der Waals surface area (Å²) in [5.41, 5.74) is 0. The summed E-state index contributed by atoms with van der Waals surface area (Å²) in [6, 6.07) is 0. The van der Waals surface area contributed by atoms with Crippen molar-refractivity contribution < 1.29 is 24.2 Å². The molecule has 1 rings (SSSR count). The quantitative estimate of drug-likeness (QED) is 0.635. The molecule has 1 fully saturated rings. The summed E-state index contributed by atoms with van der Waals surface area (Å²) < 4.78 is 9.89. The third-order valence-electron chi connectivity index (χ3n) is 3.37. The zero-order valence-corrected chi connectivity index (χ0v) is 10.8. The lowest BCUT2D eigenvalue weighted by Crippen LogP contribution is -2.46. The zero-order chi connectivity index (χ0) is 13.5. The van der Waals surface area contributed by atoms with Gasteiger partial charge in [0, 0.05) is 32.0 Å². The van der Waals surface area contributed by atoms with Crippen molar-refractivity contribution in [2.45, 2.75) is 32.0 Å². The standard InChI is InChI=1S/C12H21NO5/c1-17-10(18-2)7-13-11(14)8-5-3-4-6-9(8)12(15)16/h8-10H,3-7H2,1-2H3,(H,13,14)(H,15,16)/p-1/t8-,9+/m0/s1. The average Bonchev–Trinajstić information content (AvgIpc) is 2.39. The number of carbonyl (C=O) groups excluding carboxylic acids is 2. The summed E-state index contributed by atoms with van der Waals surface area (Å²) >= 11 is 0. The van der Waals surface area contributed by atoms with Gasteiger partial charge in [-0.25, -0.2) is 0 Å². The van der Waals surface area contributed by atoms with Gasteiger partial charge in [-0.15, -0.1) is 0 Å². The third-order valence-corrected chi connectivity index (χ3v) is 3.37. The lowest BCUT2D eigenvalue weighted by molar-refractivity contribution is -0.314. The van der Waals surface area contributed by atoms with Crippen LogP contribution < -0.4 is 10.4 Å². The average molecular weight is 258 g/mol. The molecule has 1 N–H and O–H groups in total. The molecule has 0 heterocycles. The second-order valence-electron chi connectivity index (χ2n) is 4.46. The fourth-order valence-electron chi connectivity index (χ4n) is 2.30. The number of amides is 1. The molecule has 1 amide bonds. The number of aliphatic carboxylic acids is 1. The van der Waals surface area contributed by atoms with Gasteiger partial charge in [0.05, 0.1) is 6.54 Å². The van der Waals surface area contributed by atoms with Crippen molar-refractivity contribution in [1.29, 1.82) is 0 Å². The van der Waals surface area contributed by atoms with Gasteiger partial charge in [-0.1, -0.05) is 12.8 Å². The Bertz CT molecular complexity index is 290. The van der Waals surface area contributed by atoms with Gasteiger partial charge in [0.15, 0.2) is 6.29 Å². The predicted octanol–water partition coefficient (Wildman–Crippen LogP) is -0.722. The van der Waals surface area contributed by atoms with Crippen LogP contribution in [0.25, 0.3) is 0 Å². The van der Waals surface area contributed by atoms with Crippen LogP contribution in [0.4, 0.5) is 0 Å². The van der Waals surface area contributed by atoms with Gasteiger partial charge in [0.1, 0.15) is 0 Å². The van der Waals surface area contributed by atoms with Crippen LogP contribution in [0.15, 0.2) is 0 Å². The lowest BCUT2D eigenvalue weighted by Gasteiger charge is -2.31. The van der Waals surface area contributed by atoms with Crippen molar-refractivity contribution in [3.8, 4) is 0 Å². The van der Waals surface area contributed by atoms with E-state index in [4.69, 9.17) is 9.47 Å². The summed E-state index contributed by atoms with van der Waals surface area (Å²) in [7, 11) is 2.95. The normalized spacial score (nSPS) is 23.9. The maximum atomic E-state index is 11.9. The number of hydrogen-bond acceptors (Lipinski definition) is 5. The summed E-state index contributed by atoms with van der Waals surface area (Å²) in [5, 5.41) is 13.6. The Labute approximate surface area is 107 Å². The Morgan fingerprint density at radius 3 is 2.28 bits per heavy atom. The van der Waals surface area contributed by atoms with Crippen LogP contribution in [0.5, 0.6) is 0 Å². The second-order valence-corrected chi connectivity index (χ2v) is 4.46. The minimum atomic E-state index is -1.13. The van der Waals surface area contributed by atoms with E-state index >= 15 is 0 Å². The molecule has 0 bridgehead atoms. The largest absolute Gasteiger partial charge is 0.550 e. The molecule has 0 unspecified atom stereocenters. The predicted molar refractivity (Wildman–Crippen MR) is 61.3 cm³/mol. The molecule has 0 spiro atoms. The van der Waals surface area contributed by atoms with Crippen molar-refractivity contribution >= 4 is 11.9 Å². The molecule has 1 aliphatic carbocycles. The first kappa shape index (κ1) is 14.9. The molecule has 2 atom stereocenters. The highest BCUT2D eigenvalue weighted by molar-refractivity contribution is 5.84. The molecule has 0 aromatic heterocycles. The van der Waals surface area contributed by atoms with E-state index in [2.05, 4.69) is 5.32 Å². The van der Waals surface area contributed by atoms with Gasteiger partial charge in [-0.3, -0.25) is 4.79 Å². The Balaban J connectivity index is 2.50. The third kappa shape index (κ3) is 3.96. The molecule has 0 aromatic carbocycles. The van der Waals surface area contributed by atoms with Crippen molar-refractivity contribution in [2.24, 2.45) is 11.8 Å². The maximum absolute atomic E-state index is 11.9. The fraction of sp³-hybridized carbons (Fsp3) is 0.833. The van der Waals surface area contributed by atoms with Crippen molar-refractivity contribution in [1.82, 2.24) is 5.32 Å². The van der Waals surface area contributed by atoms with E-state index < -0.39 is 24.1 Å². The molecule has 18 heavy (non-hydrogen) atoms. The van der Waals surface area contributed by atoms with Crippen LogP contribution in [-0.4, -0.2) is 38.9 Å². The highest BCUT2D eigenvalue weighted by atomic mass is 16.7. The molecule has 1 aliphatic rings. The van der Waals surface area contributed by atoms with Crippen LogP contribution in [0.1, 0.15) is 25.7 Å². The number of carbonyl (C=O) groups is 2. The number of ether oxygens (including phenoxy) is 2. The van der Waals surface area contributed by atoms with Crippen molar-refractivity contribution in [2.75, 3.05) is 20.8 Å². The van der Waals surface area contributed by atoms with E-state index in [0.29, 0.717) is 12.8 Å². The monoisotopic (exact) mass is 258 g/mol. The molecule has 0 saturated heterocycles. The van der Waals surface area contributed by atoms with Crippen LogP contribution in [0.3, 0.4) is 0 Å². The summed E-state index contributed by atoms with van der Waals surface area (Å²) in [5.74, 6) is -2.58. The first-order chi connectivity index (χ1) is 8.60. The molecule has 0 aliphatic heterocycles. The Hall–Kier alpha value is -1.14. The number of nitrogens with one attached hydrogen (secondary N) is 1. The minimum Gasteiger partial charge on any atom is -0.550 e. The minimum absolute atomic E-state index is 0.210. The smallest absolute Gasteiger partial charge is 0.223 e. The molecule has 1 saturated carbocycles. The van der Waals surface area contributed by atoms with Crippen molar-refractivity contribution in [3.63, 3.8) is 0 Å². The van der Waals surface area contributed by atoms with E-state index in [1.165, 1.54) is 14.2 Å². The molecule has 6 heteroatoms. The van der Waals surface area contributed by atoms with Gasteiger partial charge in [-0.05, 0) is 12.8 Å². The van der Waals surface area contributed by atoms with Crippen LogP contribution in [0.2, 0.25) is 0 Å². The number of methoxy groups -OCH3 is 2. The summed E-state index contributed by atoms with van der Waals surface area (Å²) in [6.07, 6.45) is 2.30. The topological polar surface area (TPSA) is 87.7 Å². The highest BCUT2D eigenvalue weighted by Gasteiger charge is 2.31.